The van der Waals surface area contributed by atoms with E-state index in [1.165, 1.54) is 26.0 Å². The van der Waals surface area contributed by atoms with Gasteiger partial charge in [0, 0.05) is 5.56 Å². The molecule has 2 aromatic rings. The lowest BCUT2D eigenvalue weighted by Crippen LogP contribution is -2.49. The minimum atomic E-state index is -1.27. The van der Waals surface area contributed by atoms with Crippen LogP contribution in [0.15, 0.2) is 54.6 Å². The van der Waals surface area contributed by atoms with Crippen LogP contribution in [0.4, 0.5) is 0 Å². The van der Waals surface area contributed by atoms with Gasteiger partial charge in [-0.3, -0.25) is 34.9 Å². The summed E-state index contributed by atoms with van der Waals surface area (Å²) in [5, 5.41) is 0. The van der Waals surface area contributed by atoms with Crippen molar-refractivity contribution in [2.24, 2.45) is 0 Å². The maximum atomic E-state index is 12.5. The molecule has 0 bridgehead atoms. The zero-order valence-electron chi connectivity index (χ0n) is 16.2. The maximum Gasteiger partial charge on any atom is 0.329 e. The Bertz CT molecular complexity index is 985. The Hall–Kier alpha value is -4.01. The van der Waals surface area contributed by atoms with Gasteiger partial charge in [-0.25, -0.2) is 4.79 Å². The molecule has 2 aromatic carbocycles. The second-order valence-electron chi connectivity index (χ2n) is 6.59. The third kappa shape index (κ3) is 4.04. The molecule has 0 spiro atoms. The highest BCUT2D eigenvalue weighted by molar-refractivity contribution is 6.22. The number of carbonyl (C=O) groups is 5. The molecule has 3 rings (SSSR count). The van der Waals surface area contributed by atoms with Crippen molar-refractivity contribution in [3.05, 3.63) is 71.3 Å². The van der Waals surface area contributed by atoms with E-state index in [1.54, 1.807) is 42.5 Å². The van der Waals surface area contributed by atoms with Gasteiger partial charge in [0.1, 0.15) is 6.04 Å². The predicted molar refractivity (Wildman–Crippen MR) is 104 cm³/mol. The molecule has 2 atom stereocenters. The van der Waals surface area contributed by atoms with Gasteiger partial charge in [-0.05, 0) is 38.1 Å². The fourth-order valence-corrected chi connectivity index (χ4v) is 2.87. The van der Waals surface area contributed by atoms with E-state index in [1.807, 2.05) is 0 Å². The lowest BCUT2D eigenvalue weighted by Gasteiger charge is -2.22. The molecule has 0 aliphatic carbocycles. The zero-order chi connectivity index (χ0) is 21.8. The minimum Gasteiger partial charge on any atom is -0.451 e. The highest BCUT2D eigenvalue weighted by atomic mass is 16.5. The van der Waals surface area contributed by atoms with Crippen molar-refractivity contribution in [1.82, 2.24) is 15.8 Å². The number of nitrogens with one attached hydrogen (secondary N) is 2. The molecule has 1 aliphatic rings. The average molecular weight is 409 g/mol. The number of hydrogen-bond donors (Lipinski definition) is 2. The van der Waals surface area contributed by atoms with Crippen LogP contribution in [-0.2, 0) is 14.3 Å². The number of rotatable bonds is 5. The summed E-state index contributed by atoms with van der Waals surface area (Å²) in [5.41, 5.74) is 5.12. The first-order valence-corrected chi connectivity index (χ1v) is 9.14. The largest absolute Gasteiger partial charge is 0.451 e. The van der Waals surface area contributed by atoms with E-state index < -0.39 is 41.7 Å². The Balaban J connectivity index is 1.56. The van der Waals surface area contributed by atoms with E-state index in [4.69, 9.17) is 4.74 Å². The van der Waals surface area contributed by atoms with Crippen molar-refractivity contribution in [3.63, 3.8) is 0 Å². The van der Waals surface area contributed by atoms with E-state index >= 15 is 0 Å². The van der Waals surface area contributed by atoms with Gasteiger partial charge in [0.05, 0.1) is 11.1 Å². The van der Waals surface area contributed by atoms with Crippen molar-refractivity contribution in [2.45, 2.75) is 26.0 Å². The Morgan fingerprint density at radius 1 is 0.833 bits per heavy atom. The van der Waals surface area contributed by atoms with E-state index in [2.05, 4.69) is 10.9 Å². The lowest BCUT2D eigenvalue weighted by molar-refractivity contribution is -0.158. The van der Waals surface area contributed by atoms with Crippen LogP contribution < -0.4 is 10.9 Å². The van der Waals surface area contributed by atoms with E-state index in [0.29, 0.717) is 5.56 Å². The number of benzene rings is 2. The Morgan fingerprint density at radius 3 is 1.93 bits per heavy atom. The Kier molecular flexibility index (Phi) is 5.91. The molecule has 154 valence electrons. The fraction of sp³-hybridized carbons (Fsp3) is 0.190. The van der Waals surface area contributed by atoms with E-state index in [0.717, 1.165) is 4.90 Å². The molecule has 9 nitrogen and oxygen atoms in total. The topological polar surface area (TPSA) is 122 Å². The first-order valence-electron chi connectivity index (χ1n) is 9.14. The second-order valence-corrected chi connectivity index (χ2v) is 6.59. The number of esters is 1. The standard InChI is InChI=1S/C21H19N3O6/c1-12(24-19(27)15-10-6-7-11-16(15)20(24)28)21(29)30-13(2)17(25)22-23-18(26)14-8-4-3-5-9-14/h3-13H,1-2H3,(H,22,25)(H,23,26)/t12-,13+/m1/s1. The monoisotopic (exact) mass is 409 g/mol. The van der Waals surface area contributed by atoms with Gasteiger partial charge in [-0.2, -0.15) is 0 Å². The second kappa shape index (κ2) is 8.56. The maximum absolute atomic E-state index is 12.5. The highest BCUT2D eigenvalue weighted by Crippen LogP contribution is 2.24. The molecule has 4 amide bonds. The minimum absolute atomic E-state index is 0.205. The zero-order valence-corrected chi connectivity index (χ0v) is 16.2. The number of nitrogens with zero attached hydrogens (tertiary/aromatic N) is 1. The summed E-state index contributed by atoms with van der Waals surface area (Å²) in [5.74, 6) is -3.45. The fourth-order valence-electron chi connectivity index (χ4n) is 2.87. The van der Waals surface area contributed by atoms with Crippen LogP contribution in [-0.4, -0.2) is 46.6 Å². The number of fused-ring (bicyclic) bond motifs is 1. The predicted octanol–water partition coefficient (Wildman–Crippen LogP) is 1.06. The molecule has 0 fully saturated rings. The third-order valence-corrected chi connectivity index (χ3v) is 4.55. The van der Waals surface area contributed by atoms with E-state index in [9.17, 15) is 24.0 Å². The average Bonchev–Trinajstić information content (AvgIpc) is 3.02. The smallest absolute Gasteiger partial charge is 0.329 e. The molecule has 0 unspecified atom stereocenters. The number of hydrogen-bond acceptors (Lipinski definition) is 6. The van der Waals surface area contributed by atoms with Crippen LogP contribution in [0.3, 0.4) is 0 Å². The van der Waals surface area contributed by atoms with Crippen LogP contribution in [0.2, 0.25) is 0 Å². The normalized spacial score (nSPS) is 14.5. The summed E-state index contributed by atoms with van der Waals surface area (Å²) in [6.07, 6.45) is -1.27. The molecular formula is C21H19N3O6. The number of ether oxygens (including phenoxy) is 1. The molecule has 1 aliphatic heterocycles. The molecule has 0 aromatic heterocycles. The van der Waals surface area contributed by atoms with Gasteiger partial charge in [-0.1, -0.05) is 30.3 Å². The van der Waals surface area contributed by atoms with Crippen LogP contribution in [0.25, 0.3) is 0 Å². The van der Waals surface area contributed by atoms with Gasteiger partial charge < -0.3 is 4.74 Å². The summed E-state index contributed by atoms with van der Waals surface area (Å²) in [6, 6.07) is 13.2. The highest BCUT2D eigenvalue weighted by Gasteiger charge is 2.41. The van der Waals surface area contributed by atoms with Gasteiger partial charge >= 0.3 is 5.97 Å². The summed E-state index contributed by atoms with van der Waals surface area (Å²) in [6.45, 7) is 2.64. The van der Waals surface area contributed by atoms with Crippen molar-refractivity contribution in [1.29, 1.82) is 0 Å². The molecule has 1 heterocycles. The summed E-state index contributed by atoms with van der Waals surface area (Å²) < 4.78 is 5.07. The van der Waals surface area contributed by atoms with Gasteiger partial charge in [0.15, 0.2) is 6.10 Å². The third-order valence-electron chi connectivity index (χ3n) is 4.55. The van der Waals surface area contributed by atoms with Crippen LogP contribution >= 0.6 is 0 Å². The number of carbonyl (C=O) groups excluding carboxylic acids is 5. The number of hydrazine groups is 1. The molecule has 0 saturated heterocycles. The molecule has 0 radical (unpaired) electrons. The summed E-state index contributed by atoms with van der Waals surface area (Å²) in [7, 11) is 0. The quantitative estimate of drug-likeness (QED) is 0.433. The molecule has 0 saturated carbocycles. The van der Waals surface area contributed by atoms with E-state index in [-0.39, 0.29) is 11.1 Å². The first kappa shape index (κ1) is 20.7. The van der Waals surface area contributed by atoms with Gasteiger partial charge in [0.25, 0.3) is 23.6 Å². The number of imide groups is 1. The molecule has 2 N–H and O–H groups in total. The lowest BCUT2D eigenvalue weighted by atomic mass is 10.1. The SMILES string of the molecule is C[C@H](OC(=O)[C@@H](C)N1C(=O)c2ccccc2C1=O)C(=O)NNC(=O)c1ccccc1. The van der Waals surface area contributed by atoms with Crippen molar-refractivity contribution in [2.75, 3.05) is 0 Å². The molecule has 30 heavy (non-hydrogen) atoms. The molecular weight excluding hydrogens is 390 g/mol. The van der Waals surface area contributed by atoms with Crippen molar-refractivity contribution in [3.8, 4) is 0 Å². The van der Waals surface area contributed by atoms with Crippen LogP contribution in [0.5, 0.6) is 0 Å². The summed E-state index contributed by atoms with van der Waals surface area (Å²) >= 11 is 0. The van der Waals surface area contributed by atoms with Crippen LogP contribution in [0.1, 0.15) is 44.9 Å². The number of amides is 4. The van der Waals surface area contributed by atoms with Gasteiger partial charge in [-0.15, -0.1) is 0 Å². The Morgan fingerprint density at radius 2 is 1.37 bits per heavy atom. The van der Waals surface area contributed by atoms with Crippen LogP contribution in [0, 0.1) is 0 Å². The summed E-state index contributed by atoms with van der Waals surface area (Å²) in [4.78, 5) is 62.2. The van der Waals surface area contributed by atoms with Crippen molar-refractivity contribution < 1.29 is 28.7 Å². The molecule has 9 heteroatoms. The first-order chi connectivity index (χ1) is 14.3. The van der Waals surface area contributed by atoms with Gasteiger partial charge in [0.2, 0.25) is 0 Å². The Labute approximate surface area is 172 Å². The van der Waals surface area contributed by atoms with Crippen molar-refractivity contribution >= 4 is 29.6 Å².